The van der Waals surface area contributed by atoms with Crippen LogP contribution >= 0.6 is 0 Å². The van der Waals surface area contributed by atoms with Crippen molar-refractivity contribution in [2.24, 2.45) is 52.8 Å². The van der Waals surface area contributed by atoms with Gasteiger partial charge in [-0.05, 0) is 50.0 Å². The first-order valence-electron chi connectivity index (χ1n) is 14.1. The maximum Gasteiger partial charge on any atom is 0.309 e. The molecule has 0 bridgehead atoms. The first-order chi connectivity index (χ1) is 17.5. The van der Waals surface area contributed by atoms with Gasteiger partial charge in [-0.2, -0.15) is 0 Å². The van der Waals surface area contributed by atoms with Gasteiger partial charge in [-0.3, -0.25) is 19.2 Å². The van der Waals surface area contributed by atoms with E-state index in [1.54, 1.807) is 0 Å². The monoisotopic (exact) mass is 508 g/mol. The largest absolute Gasteiger partial charge is 0.461 e. The number of carbonyl (C=O) groups is 4. The van der Waals surface area contributed by atoms with Gasteiger partial charge in [-0.1, -0.05) is 32.9 Å². The number of aliphatic hydroxyl groups is 1. The highest BCUT2D eigenvalue weighted by atomic mass is 16.6. The van der Waals surface area contributed by atoms with E-state index in [9.17, 15) is 24.3 Å². The third-order valence-electron chi connectivity index (χ3n) is 11.9. The van der Waals surface area contributed by atoms with E-state index in [0.29, 0.717) is 36.8 Å². The van der Waals surface area contributed by atoms with E-state index in [4.69, 9.17) is 9.47 Å². The lowest BCUT2D eigenvalue weighted by atomic mass is 9.56. The quantitative estimate of drug-likeness (QED) is 0.395. The van der Waals surface area contributed by atoms with Crippen molar-refractivity contribution >= 4 is 23.5 Å². The molecule has 1 spiro atoms. The highest BCUT2D eigenvalue weighted by Crippen LogP contribution is 2.68. The molecule has 2 saturated heterocycles. The molecule has 198 valence electrons. The SMILES string of the molecule is C=C1CCC2C(C)C(=O)OC2C2C1CC(=O)C21CCC2(O)CCC3C(C)C(=O)OC3C3C2=C1C(=O)C3C. The van der Waals surface area contributed by atoms with Gasteiger partial charge >= 0.3 is 11.9 Å². The van der Waals surface area contributed by atoms with Crippen molar-refractivity contribution in [1.29, 1.82) is 0 Å². The Balaban J connectivity index is 1.45. The van der Waals surface area contributed by atoms with Crippen LogP contribution in [0.15, 0.2) is 23.3 Å². The number of esters is 2. The molecule has 7 aliphatic rings. The van der Waals surface area contributed by atoms with Crippen LogP contribution in [0.5, 0.6) is 0 Å². The number of allylic oxidation sites excluding steroid dienone is 2. The molecule has 12 unspecified atom stereocenters. The molecule has 2 heterocycles. The van der Waals surface area contributed by atoms with Crippen LogP contribution < -0.4 is 0 Å². The van der Waals surface area contributed by atoms with Gasteiger partial charge in [0.15, 0.2) is 5.78 Å². The maximum atomic E-state index is 14.3. The van der Waals surface area contributed by atoms with Crippen LogP contribution in [0.3, 0.4) is 0 Å². The van der Waals surface area contributed by atoms with Crippen molar-refractivity contribution in [3.8, 4) is 0 Å². The van der Waals surface area contributed by atoms with Crippen LogP contribution in [0, 0.1) is 52.8 Å². The van der Waals surface area contributed by atoms with Crippen molar-refractivity contribution < 1.29 is 33.8 Å². The first-order valence-corrected chi connectivity index (χ1v) is 14.1. The zero-order valence-corrected chi connectivity index (χ0v) is 21.8. The smallest absolute Gasteiger partial charge is 0.309 e. The minimum atomic E-state index is -1.19. The Bertz CT molecular complexity index is 1200. The number of ether oxygens (including phenoxy) is 2. The Morgan fingerprint density at radius 3 is 2.22 bits per heavy atom. The lowest BCUT2D eigenvalue weighted by molar-refractivity contribution is -0.149. The van der Waals surface area contributed by atoms with Crippen molar-refractivity contribution in [2.75, 3.05) is 0 Å². The third-order valence-corrected chi connectivity index (χ3v) is 11.9. The van der Waals surface area contributed by atoms with Crippen molar-refractivity contribution in [3.63, 3.8) is 0 Å². The minimum Gasteiger partial charge on any atom is -0.461 e. The van der Waals surface area contributed by atoms with Gasteiger partial charge in [-0.15, -0.1) is 0 Å². The van der Waals surface area contributed by atoms with E-state index < -0.39 is 35.1 Å². The zero-order valence-electron chi connectivity index (χ0n) is 21.8. The number of hydrogen-bond acceptors (Lipinski definition) is 7. The fourth-order valence-electron chi connectivity index (χ4n) is 9.90. The Labute approximate surface area is 217 Å². The summed E-state index contributed by atoms with van der Waals surface area (Å²) >= 11 is 0. The lowest BCUT2D eigenvalue weighted by Crippen LogP contribution is -2.51. The summed E-state index contributed by atoms with van der Waals surface area (Å²) in [6.45, 7) is 10.0. The average molecular weight is 509 g/mol. The van der Waals surface area contributed by atoms with E-state index in [0.717, 1.165) is 18.4 Å². The standard InChI is InChI=1S/C30H36O7/c1-12-5-6-16-13(2)28(34)37-26(16)21-18(12)11-19(31)30(21)10-9-29(35)8-7-17-14(3)27(33)36-25(17)20-15(4)24(32)23(30)22(20)29/h13-18,20-21,25-26,35H,1,5-11H2,2-4H3. The molecule has 5 fully saturated rings. The van der Waals surface area contributed by atoms with Gasteiger partial charge in [0.1, 0.15) is 18.0 Å². The van der Waals surface area contributed by atoms with Gasteiger partial charge in [0.25, 0.3) is 0 Å². The van der Waals surface area contributed by atoms with Crippen LogP contribution in [-0.4, -0.2) is 46.4 Å². The van der Waals surface area contributed by atoms with E-state index in [-0.39, 0.29) is 65.4 Å². The average Bonchev–Trinajstić information content (AvgIpc) is 3.44. The summed E-state index contributed by atoms with van der Waals surface area (Å²) in [5.74, 6) is -2.58. The molecule has 1 N–H and O–H groups in total. The molecule has 0 aromatic heterocycles. The number of fused-ring (bicyclic) bond motifs is 7. The van der Waals surface area contributed by atoms with Crippen molar-refractivity contribution in [3.05, 3.63) is 23.3 Å². The van der Waals surface area contributed by atoms with E-state index >= 15 is 0 Å². The predicted octanol–water partition coefficient (Wildman–Crippen LogP) is 3.33. The second-order valence-electron chi connectivity index (χ2n) is 13.2. The molecule has 2 aliphatic heterocycles. The van der Waals surface area contributed by atoms with Gasteiger partial charge in [0, 0.05) is 41.6 Å². The number of carbonyl (C=O) groups excluding carboxylic acids is 4. The highest BCUT2D eigenvalue weighted by molar-refractivity contribution is 6.10. The number of ketones is 2. The number of rotatable bonds is 0. The summed E-state index contributed by atoms with van der Waals surface area (Å²) in [5, 5.41) is 12.1. The molecule has 0 aromatic rings. The molecular weight excluding hydrogens is 472 g/mol. The number of hydrogen-bond donors (Lipinski definition) is 1. The van der Waals surface area contributed by atoms with Crippen molar-refractivity contribution in [1.82, 2.24) is 0 Å². The lowest BCUT2D eigenvalue weighted by Gasteiger charge is -2.47. The Morgan fingerprint density at radius 2 is 1.51 bits per heavy atom. The van der Waals surface area contributed by atoms with Gasteiger partial charge in [0.2, 0.25) is 0 Å². The molecule has 0 radical (unpaired) electrons. The molecular formula is C30H36O7. The molecule has 7 heteroatoms. The minimum absolute atomic E-state index is 0.0169. The molecule has 7 nitrogen and oxygen atoms in total. The van der Waals surface area contributed by atoms with Gasteiger partial charge in [-0.25, -0.2) is 0 Å². The van der Waals surface area contributed by atoms with Crippen LogP contribution in [0.4, 0.5) is 0 Å². The summed E-state index contributed by atoms with van der Waals surface area (Å²) in [4.78, 5) is 53.9. The Kier molecular flexibility index (Phi) is 4.78. The van der Waals surface area contributed by atoms with Crippen LogP contribution in [0.2, 0.25) is 0 Å². The summed E-state index contributed by atoms with van der Waals surface area (Å²) in [7, 11) is 0. The molecule has 5 aliphatic carbocycles. The topological polar surface area (TPSA) is 107 Å². The first kappa shape index (κ1) is 23.8. The van der Waals surface area contributed by atoms with E-state index in [2.05, 4.69) is 6.58 Å². The molecule has 7 rings (SSSR count). The summed E-state index contributed by atoms with van der Waals surface area (Å²) < 4.78 is 12.0. The molecule has 12 atom stereocenters. The highest BCUT2D eigenvalue weighted by Gasteiger charge is 2.71. The van der Waals surface area contributed by atoms with Gasteiger partial charge < -0.3 is 14.6 Å². The Morgan fingerprint density at radius 1 is 0.865 bits per heavy atom. The van der Waals surface area contributed by atoms with Crippen LogP contribution in [0.1, 0.15) is 65.7 Å². The second kappa shape index (κ2) is 7.43. The Hall–Kier alpha value is -2.28. The normalized spacial score (nSPS) is 52.4. The third kappa shape index (κ3) is 2.72. The fourth-order valence-corrected chi connectivity index (χ4v) is 9.90. The van der Waals surface area contributed by atoms with Gasteiger partial charge in [0.05, 0.1) is 22.9 Å². The molecule has 0 aromatic carbocycles. The fraction of sp³-hybridized carbons (Fsp3) is 0.733. The maximum absolute atomic E-state index is 14.3. The second-order valence-corrected chi connectivity index (χ2v) is 13.2. The van der Waals surface area contributed by atoms with E-state index in [1.165, 1.54) is 0 Å². The van der Waals surface area contributed by atoms with E-state index in [1.807, 2.05) is 20.8 Å². The van der Waals surface area contributed by atoms with Crippen molar-refractivity contribution in [2.45, 2.75) is 83.5 Å². The number of Topliss-reactive ketones (excluding diaryl/α,β-unsaturated/α-hetero) is 2. The summed E-state index contributed by atoms with van der Waals surface area (Å²) in [5.41, 5.74) is -0.156. The van der Waals surface area contributed by atoms with Crippen LogP contribution in [-0.2, 0) is 28.7 Å². The zero-order chi connectivity index (χ0) is 26.2. The molecule has 0 amide bonds. The molecule has 37 heavy (non-hydrogen) atoms. The summed E-state index contributed by atoms with van der Waals surface area (Å²) in [6, 6.07) is 0. The summed E-state index contributed by atoms with van der Waals surface area (Å²) in [6.07, 6.45) is 2.76. The van der Waals surface area contributed by atoms with Crippen LogP contribution in [0.25, 0.3) is 0 Å². The predicted molar refractivity (Wildman–Crippen MR) is 131 cm³/mol. The molecule has 3 saturated carbocycles.